The van der Waals surface area contributed by atoms with Crippen molar-refractivity contribution in [2.45, 2.75) is 41.9 Å². The molecule has 35 heavy (non-hydrogen) atoms. The van der Waals surface area contributed by atoms with Gasteiger partial charge in [-0.25, -0.2) is 26.4 Å². The molecule has 7 nitrogen and oxygen atoms in total. The van der Waals surface area contributed by atoms with Crippen molar-refractivity contribution in [2.24, 2.45) is 11.8 Å². The second kappa shape index (κ2) is 9.69. The van der Waals surface area contributed by atoms with Gasteiger partial charge in [-0.3, -0.25) is 4.79 Å². The lowest BCUT2D eigenvalue weighted by molar-refractivity contribution is 0.102. The standard InChI is InChI=1S/C23H22ClF3N2O5S/c1-34-23(31)29-21-11-2-3-12(21)7-15(6-11)35(32,33)19-8-13(4-5-16(19)24)22(30)28-14-9-17(25)20(27)18(26)10-14/h4-5,8-12,15,21H,2-3,6-7H2,1H3,(H,28,30)(H,29,31)/t11-,12?,15?,21?/m0/s1. The van der Waals surface area contributed by atoms with E-state index in [9.17, 15) is 31.2 Å². The number of fused-ring (bicyclic) bond motifs is 2. The number of methoxy groups -OCH3 is 1. The minimum Gasteiger partial charge on any atom is -0.453 e. The van der Waals surface area contributed by atoms with Crippen molar-refractivity contribution in [1.82, 2.24) is 5.32 Å². The van der Waals surface area contributed by atoms with Gasteiger partial charge in [-0.2, -0.15) is 0 Å². The van der Waals surface area contributed by atoms with E-state index in [-0.39, 0.29) is 39.0 Å². The molecule has 4 atom stereocenters. The van der Waals surface area contributed by atoms with Gasteiger partial charge in [0.15, 0.2) is 27.3 Å². The van der Waals surface area contributed by atoms with Crippen LogP contribution in [-0.2, 0) is 14.6 Å². The highest BCUT2D eigenvalue weighted by Gasteiger charge is 2.47. The van der Waals surface area contributed by atoms with E-state index in [1.54, 1.807) is 0 Å². The first kappa shape index (κ1) is 25.3. The number of hydrogen-bond donors (Lipinski definition) is 2. The molecular formula is C23H22ClF3N2O5S. The Hall–Kier alpha value is -2.79. The second-order valence-corrected chi connectivity index (χ2v) is 11.4. The van der Waals surface area contributed by atoms with Crippen molar-refractivity contribution >= 4 is 39.1 Å². The summed E-state index contributed by atoms with van der Waals surface area (Å²) in [5.74, 6) is -5.57. The molecule has 188 valence electrons. The van der Waals surface area contributed by atoms with E-state index in [4.69, 9.17) is 11.6 Å². The Morgan fingerprint density at radius 2 is 1.63 bits per heavy atom. The van der Waals surface area contributed by atoms with Gasteiger partial charge < -0.3 is 15.4 Å². The summed E-state index contributed by atoms with van der Waals surface area (Å²) in [5.41, 5.74) is -0.444. The number of hydrogen-bond acceptors (Lipinski definition) is 5. The molecule has 2 bridgehead atoms. The number of anilines is 1. The van der Waals surface area contributed by atoms with E-state index in [1.165, 1.54) is 19.2 Å². The number of carbonyl (C=O) groups is 2. The molecule has 2 fully saturated rings. The lowest BCUT2D eigenvalue weighted by Crippen LogP contribution is -2.47. The molecule has 0 aliphatic heterocycles. The maximum atomic E-state index is 13.5. The number of alkyl carbamates (subject to hydrolysis) is 1. The van der Waals surface area contributed by atoms with Gasteiger partial charge in [0.05, 0.1) is 22.3 Å². The van der Waals surface area contributed by atoms with E-state index in [0.717, 1.165) is 18.9 Å². The Balaban J connectivity index is 1.55. The zero-order chi connectivity index (χ0) is 25.5. The number of benzene rings is 2. The van der Waals surface area contributed by atoms with Crippen molar-refractivity contribution in [2.75, 3.05) is 12.4 Å². The molecule has 2 aliphatic carbocycles. The Morgan fingerprint density at radius 1 is 1.03 bits per heavy atom. The number of ether oxygens (including phenoxy) is 1. The lowest BCUT2D eigenvalue weighted by Gasteiger charge is -2.35. The van der Waals surface area contributed by atoms with Gasteiger partial charge in [-0.15, -0.1) is 0 Å². The normalized spacial score (nSPS) is 23.6. The number of amides is 2. The summed E-state index contributed by atoms with van der Waals surface area (Å²) in [4.78, 5) is 24.1. The molecule has 4 rings (SSSR count). The minimum absolute atomic E-state index is 0.0406. The van der Waals surface area contributed by atoms with Gasteiger partial charge in [-0.1, -0.05) is 11.6 Å². The van der Waals surface area contributed by atoms with Crippen LogP contribution in [0.4, 0.5) is 23.7 Å². The molecule has 2 aromatic rings. The number of nitrogens with one attached hydrogen (secondary N) is 2. The largest absolute Gasteiger partial charge is 0.453 e. The van der Waals surface area contributed by atoms with Crippen molar-refractivity contribution in [1.29, 1.82) is 0 Å². The summed E-state index contributed by atoms with van der Waals surface area (Å²) in [7, 11) is -2.68. The van der Waals surface area contributed by atoms with Gasteiger partial charge >= 0.3 is 6.09 Å². The average Bonchev–Trinajstić information content (AvgIpc) is 3.03. The van der Waals surface area contributed by atoms with Crippen LogP contribution in [0.25, 0.3) is 0 Å². The van der Waals surface area contributed by atoms with Crippen LogP contribution in [0.1, 0.15) is 36.0 Å². The van der Waals surface area contributed by atoms with Gasteiger partial charge in [-0.05, 0) is 55.7 Å². The highest BCUT2D eigenvalue weighted by Crippen LogP contribution is 2.46. The zero-order valence-corrected chi connectivity index (χ0v) is 20.1. The van der Waals surface area contributed by atoms with E-state index < -0.39 is 44.5 Å². The summed E-state index contributed by atoms with van der Waals surface area (Å²) < 4.78 is 71.8. The molecule has 0 heterocycles. The fraction of sp³-hybridized carbons (Fsp3) is 0.391. The minimum atomic E-state index is -3.95. The van der Waals surface area contributed by atoms with Crippen molar-refractivity contribution in [3.8, 4) is 0 Å². The Labute approximate surface area is 204 Å². The van der Waals surface area contributed by atoms with Crippen LogP contribution in [0.3, 0.4) is 0 Å². The Kier molecular flexibility index (Phi) is 7.01. The van der Waals surface area contributed by atoms with Gasteiger partial charge in [0.2, 0.25) is 0 Å². The van der Waals surface area contributed by atoms with Gasteiger partial charge in [0.1, 0.15) is 0 Å². The molecule has 0 radical (unpaired) electrons. The third kappa shape index (κ3) is 4.97. The summed E-state index contributed by atoms with van der Waals surface area (Å²) in [6.45, 7) is 0. The van der Waals surface area contributed by atoms with Crippen LogP contribution < -0.4 is 10.6 Å². The summed E-state index contributed by atoms with van der Waals surface area (Å²) in [6.07, 6.45) is 1.61. The Morgan fingerprint density at radius 3 is 2.20 bits per heavy atom. The molecule has 2 aliphatic rings. The fourth-order valence-electron chi connectivity index (χ4n) is 5.03. The van der Waals surface area contributed by atoms with Crippen LogP contribution >= 0.6 is 11.6 Å². The second-order valence-electron chi connectivity index (χ2n) is 8.75. The highest BCUT2D eigenvalue weighted by molar-refractivity contribution is 7.92. The van der Waals surface area contributed by atoms with Gasteiger partial charge in [0, 0.05) is 29.4 Å². The maximum Gasteiger partial charge on any atom is 0.407 e. The molecule has 12 heteroatoms. The first-order valence-corrected chi connectivity index (χ1v) is 12.8. The van der Waals surface area contributed by atoms with Crippen LogP contribution in [0.2, 0.25) is 5.02 Å². The smallest absolute Gasteiger partial charge is 0.407 e. The number of halogens is 4. The SMILES string of the molecule is COC(=O)NC1C2CC[C@H]1CC(S(=O)(=O)c1cc(C(=O)Nc3cc(F)c(F)c(F)c3)ccc1Cl)C2. The van der Waals surface area contributed by atoms with E-state index in [1.807, 2.05) is 0 Å². The van der Waals surface area contributed by atoms with Crippen molar-refractivity contribution < 1.29 is 35.9 Å². The lowest BCUT2D eigenvalue weighted by atomic mass is 9.84. The molecule has 2 aromatic carbocycles. The molecule has 0 saturated heterocycles. The topological polar surface area (TPSA) is 102 Å². The van der Waals surface area contributed by atoms with E-state index in [2.05, 4.69) is 15.4 Å². The average molecular weight is 531 g/mol. The van der Waals surface area contributed by atoms with Crippen LogP contribution in [0.15, 0.2) is 35.2 Å². The molecule has 2 saturated carbocycles. The maximum absolute atomic E-state index is 13.5. The van der Waals surface area contributed by atoms with Gasteiger partial charge in [0.25, 0.3) is 5.91 Å². The van der Waals surface area contributed by atoms with Crippen LogP contribution in [0, 0.1) is 29.3 Å². The molecule has 2 amide bonds. The van der Waals surface area contributed by atoms with Crippen LogP contribution in [0.5, 0.6) is 0 Å². The first-order valence-electron chi connectivity index (χ1n) is 10.8. The number of carbonyl (C=O) groups excluding carboxylic acids is 2. The highest BCUT2D eigenvalue weighted by atomic mass is 35.5. The molecule has 0 spiro atoms. The van der Waals surface area contributed by atoms with Crippen molar-refractivity contribution in [3.05, 3.63) is 58.4 Å². The molecule has 0 aromatic heterocycles. The third-order valence-corrected chi connectivity index (χ3v) is 9.36. The summed E-state index contributed by atoms with van der Waals surface area (Å²) in [5, 5.41) is 4.20. The van der Waals surface area contributed by atoms with Crippen molar-refractivity contribution in [3.63, 3.8) is 0 Å². The predicted molar refractivity (Wildman–Crippen MR) is 121 cm³/mol. The Bertz CT molecular complexity index is 1250. The van der Waals surface area contributed by atoms with Crippen LogP contribution in [-0.4, -0.2) is 38.8 Å². The zero-order valence-electron chi connectivity index (χ0n) is 18.5. The van der Waals surface area contributed by atoms with E-state index in [0.29, 0.717) is 25.0 Å². The monoisotopic (exact) mass is 530 g/mol. The van der Waals surface area contributed by atoms with E-state index >= 15 is 0 Å². The fourth-order valence-corrected chi connectivity index (χ4v) is 7.46. The third-order valence-electron chi connectivity index (χ3n) is 6.71. The quantitative estimate of drug-likeness (QED) is 0.546. The predicted octanol–water partition coefficient (Wildman–Crippen LogP) is 4.70. The summed E-state index contributed by atoms with van der Waals surface area (Å²) >= 11 is 6.20. The molecule has 3 unspecified atom stereocenters. The molecule has 2 N–H and O–H groups in total. The summed E-state index contributed by atoms with van der Waals surface area (Å²) in [6, 6.07) is 4.70. The first-order chi connectivity index (χ1) is 16.5. The number of sulfone groups is 1. The number of rotatable bonds is 5. The molecular weight excluding hydrogens is 509 g/mol.